The van der Waals surface area contributed by atoms with Crippen molar-refractivity contribution in [3.63, 3.8) is 0 Å². The Morgan fingerprint density at radius 3 is 1.41 bits per heavy atom. The Bertz CT molecular complexity index is 5230. The number of aromatic carboxylic acids is 1. The third kappa shape index (κ3) is 28.4. The number of hydrogen-bond acceptors (Lipinski definition) is 12. The van der Waals surface area contributed by atoms with Gasteiger partial charge < -0.3 is 60.2 Å². The number of allylic oxidation sites excluding steroid dienone is 4. The minimum absolute atomic E-state index is 0. The van der Waals surface area contributed by atoms with Gasteiger partial charge in [-0.1, -0.05) is 175 Å². The molecule has 1 saturated carbocycles. The largest absolute Gasteiger partial charge is 1.00 e. The van der Waals surface area contributed by atoms with Crippen molar-refractivity contribution < 1.29 is 133 Å². The van der Waals surface area contributed by atoms with Crippen LogP contribution in [0.2, 0.25) is 0 Å². The number of carboxylic acids is 1. The fraction of sp³-hybridized carbons (Fsp3) is 0.242. The first-order valence-electron chi connectivity index (χ1n) is 38.3. The van der Waals surface area contributed by atoms with E-state index in [9.17, 15) is 33.9 Å². The van der Waals surface area contributed by atoms with Crippen LogP contribution in [-0.2, 0) is 23.7 Å². The number of carbonyl (C=O) groups excluding carboxylic acids is 5. The molecule has 598 valence electrons. The number of rotatable bonds is 15. The number of carbonyl (C=O) groups is 6. The van der Waals surface area contributed by atoms with Crippen molar-refractivity contribution in [3.8, 4) is 46.1 Å². The Morgan fingerprint density at radius 2 is 0.957 bits per heavy atom. The summed E-state index contributed by atoms with van der Waals surface area (Å²) < 4.78 is 25.5. The second-order valence-electron chi connectivity index (χ2n) is 26.7. The Balaban J connectivity index is 0.000000218. The number of fused-ring (bicyclic) bond motifs is 3. The van der Waals surface area contributed by atoms with E-state index < -0.39 is 5.97 Å². The molecule has 18 nitrogen and oxygen atoms in total. The van der Waals surface area contributed by atoms with Gasteiger partial charge in [0.1, 0.15) is 0 Å². The fourth-order valence-corrected chi connectivity index (χ4v) is 14.4. The van der Waals surface area contributed by atoms with Crippen molar-refractivity contribution in [1.29, 1.82) is 0 Å². The van der Waals surface area contributed by atoms with Gasteiger partial charge in [0.15, 0.2) is 0 Å². The zero-order chi connectivity index (χ0) is 80.4. The normalized spacial score (nSPS) is 13.5. The SMILES string of the molecule is BrC1C=CCCC1.C#Cc1ccccc1.CCOC(=O)c1ccc(N)cc1.CCOC(=O)c1ccc(NC(C)=O)c(I)c1.CCOC(=O)c1ccc2[nH]c(-c3ccccc3)cc2c1.CCOC(=O)c1ccc2c(c1)cc(-c1ccccc1)n2C1C=CCCC1.O.O=C(O)c1ccc2c(c1)cc(-c1ccccc1)n2C1CCCCC1.[Cs+].[OH-]. The number of benzene rings is 9. The van der Waals surface area contributed by atoms with E-state index in [-0.39, 0.29) is 110 Å². The molecule has 116 heavy (non-hydrogen) atoms. The number of hydrogen-bond donors (Lipinski definition) is 4. The average molecular weight is 1860 g/mol. The van der Waals surface area contributed by atoms with Crippen molar-refractivity contribution >= 4 is 118 Å². The molecule has 3 aliphatic rings. The number of nitrogen functional groups attached to an aromatic ring is 1. The van der Waals surface area contributed by atoms with E-state index in [1.807, 2.05) is 104 Å². The molecular weight excluding hydrogens is 1760 g/mol. The summed E-state index contributed by atoms with van der Waals surface area (Å²) in [6.07, 6.45) is 27.9. The van der Waals surface area contributed by atoms with E-state index in [1.54, 1.807) is 81.4 Å². The number of alkyl halides is 1. The molecule has 9 aromatic carbocycles. The van der Waals surface area contributed by atoms with E-state index >= 15 is 0 Å². The number of nitrogens with zero attached hydrogens (tertiary/aromatic N) is 2. The van der Waals surface area contributed by atoms with Gasteiger partial charge in [-0.25, -0.2) is 24.0 Å². The van der Waals surface area contributed by atoms with Crippen molar-refractivity contribution in [3.05, 3.63) is 298 Å². The number of aromatic amines is 1. The first-order valence-corrected chi connectivity index (χ1v) is 40.3. The Morgan fingerprint density at radius 1 is 0.517 bits per heavy atom. The fourth-order valence-electron chi connectivity index (χ4n) is 13.2. The minimum atomic E-state index is -0.872. The van der Waals surface area contributed by atoms with E-state index in [2.05, 4.69) is 167 Å². The van der Waals surface area contributed by atoms with Crippen molar-refractivity contribution in [2.75, 3.05) is 37.5 Å². The number of amides is 1. The molecule has 3 aliphatic carbocycles. The molecule has 2 atom stereocenters. The summed E-state index contributed by atoms with van der Waals surface area (Å²) in [7, 11) is 0. The maximum atomic E-state index is 12.1. The molecule has 2 unspecified atom stereocenters. The van der Waals surface area contributed by atoms with Crippen LogP contribution in [0.5, 0.6) is 0 Å². The van der Waals surface area contributed by atoms with Crippen molar-refractivity contribution in [2.45, 2.75) is 122 Å². The van der Waals surface area contributed by atoms with Gasteiger partial charge in [0.05, 0.1) is 66.0 Å². The van der Waals surface area contributed by atoms with E-state index in [0.29, 0.717) is 82.5 Å². The smallest absolute Gasteiger partial charge is 0.870 e. The predicted octanol–water partition coefficient (Wildman–Crippen LogP) is 19.3. The molecule has 0 aliphatic heterocycles. The second-order valence-corrected chi connectivity index (χ2v) is 29.1. The number of halogens is 2. The molecule has 1 fully saturated rings. The number of anilines is 2. The second kappa shape index (κ2) is 50.2. The molecule has 0 saturated heterocycles. The topological polar surface area (TPSA) is 285 Å². The molecule has 15 rings (SSSR count). The number of ether oxygens (including phenoxy) is 4. The van der Waals surface area contributed by atoms with Crippen LogP contribution in [0.25, 0.3) is 66.5 Å². The first kappa shape index (κ1) is 95.3. The number of carboxylic acid groups (broad SMARTS) is 1. The Labute approximate surface area is 760 Å². The Kier molecular flexibility index (Phi) is 41.2. The van der Waals surface area contributed by atoms with Gasteiger partial charge in [-0.3, -0.25) is 4.79 Å². The maximum absolute atomic E-state index is 12.1. The zero-order valence-electron chi connectivity index (χ0n) is 66.4. The standard InChI is InChI=1S/C23H23NO2.C21H21NO2.C17H15NO2.C11H12INO3.C9H11NO2.C8H6.C6H9Br.Cs.2H2O/c1-2-26-23(25)18-13-14-21-19(15-18)16-22(17-9-5-3-6-10-17)24(21)20-11-7-4-8-12-20;23-21(24)16-11-12-19-17(13-16)14-20(15-7-3-1-4-8-15)22(19)18-9-5-2-6-10-18;1-2-20-17(19)13-8-9-15-14(10-13)11-16(18-15)12-6-4-3-5-7-12;1-3-16-11(15)8-4-5-10(9(12)6-8)13-7(2)14;1-2-12-9(11)7-3-5-8(10)6-4-7;1-2-8-6-4-3-5-7-8;7-6-4-2-1-3-5-6;;;/h3,5-7,9-11,13-16,20H,2,4,8,12H2,1H3;1,3-4,7-8,11-14,18H,2,5-6,9-10H2,(H,23,24);3-11,18H,2H2,1H3;4-6H,3H2,1-2H3,(H,13,14);3-6H,2,10H2,1H3;1,3-7H;2,4,6H,1,3,5H2;;2*1H2/q;;;;;;;+1;;/p-1. The third-order valence-electron chi connectivity index (χ3n) is 18.6. The number of aromatic nitrogens is 3. The number of terminal acetylenes is 1. The number of nitrogens with two attached hydrogens (primary N) is 1. The summed E-state index contributed by atoms with van der Waals surface area (Å²) in [5.74, 6) is 0.314. The van der Waals surface area contributed by atoms with Crippen LogP contribution < -0.4 is 79.9 Å². The van der Waals surface area contributed by atoms with Gasteiger partial charge >= 0.3 is 98.7 Å². The molecule has 3 heterocycles. The summed E-state index contributed by atoms with van der Waals surface area (Å²) in [6, 6.07) is 76.4. The molecule has 0 radical (unpaired) electrons. The molecule has 8 N–H and O–H groups in total. The monoisotopic (exact) mass is 1860 g/mol. The van der Waals surface area contributed by atoms with E-state index in [4.69, 9.17) is 31.1 Å². The van der Waals surface area contributed by atoms with Crippen LogP contribution in [0.15, 0.2) is 261 Å². The summed E-state index contributed by atoms with van der Waals surface area (Å²) in [6.45, 7) is 10.1. The minimum Gasteiger partial charge on any atom is -0.870 e. The summed E-state index contributed by atoms with van der Waals surface area (Å²) in [5, 5.41) is 15.1. The molecule has 3 aromatic heterocycles. The van der Waals surface area contributed by atoms with Crippen LogP contribution in [-0.4, -0.2) is 97.2 Å². The predicted molar refractivity (Wildman–Crippen MR) is 473 cm³/mol. The van der Waals surface area contributed by atoms with Gasteiger partial charge in [0.2, 0.25) is 5.91 Å². The van der Waals surface area contributed by atoms with Gasteiger partial charge in [0, 0.05) is 82.4 Å². The van der Waals surface area contributed by atoms with Crippen molar-refractivity contribution in [1.82, 2.24) is 14.1 Å². The Hall–Kier alpha value is -9.56. The molecule has 21 heteroatoms. The van der Waals surface area contributed by atoms with Crippen LogP contribution in [0, 0.1) is 15.9 Å². The third-order valence-corrected chi connectivity index (χ3v) is 20.3. The molecule has 0 bridgehead atoms. The molecule has 1 amide bonds. The number of nitrogens with one attached hydrogen (secondary N) is 2. The van der Waals surface area contributed by atoms with E-state index in [0.717, 1.165) is 65.9 Å². The van der Waals surface area contributed by atoms with Crippen LogP contribution >= 0.6 is 38.5 Å². The van der Waals surface area contributed by atoms with Gasteiger partial charge in [-0.15, -0.1) is 6.42 Å². The zero-order valence-corrected chi connectivity index (χ0v) is 76.5. The quantitative estimate of drug-likeness (QED) is 0.0141. The average Bonchev–Trinajstić information content (AvgIpc) is 1.62. The van der Waals surface area contributed by atoms with Gasteiger partial charge in [-0.05, 0) is 246 Å². The van der Waals surface area contributed by atoms with Gasteiger partial charge in [-0.2, -0.15) is 0 Å². The summed E-state index contributed by atoms with van der Waals surface area (Å²) >= 11 is 5.56. The van der Waals surface area contributed by atoms with Crippen LogP contribution in [0.4, 0.5) is 11.4 Å². The van der Waals surface area contributed by atoms with Gasteiger partial charge in [0.25, 0.3) is 0 Å². The maximum Gasteiger partial charge on any atom is 1.00 e. The summed E-state index contributed by atoms with van der Waals surface area (Å²) in [5.41, 5.74) is 20.5. The first-order chi connectivity index (χ1) is 54.9. The number of H-pyrrole nitrogens is 1. The number of esters is 4. The summed E-state index contributed by atoms with van der Waals surface area (Å²) in [4.78, 5) is 72.6. The molecular formula is C95H100BrCsIN5O13. The molecule has 12 aromatic rings. The molecule has 0 spiro atoms. The van der Waals surface area contributed by atoms with Crippen LogP contribution in [0.3, 0.4) is 0 Å². The van der Waals surface area contributed by atoms with E-state index in [1.165, 1.54) is 87.2 Å². The van der Waals surface area contributed by atoms with Crippen molar-refractivity contribution in [2.24, 2.45) is 0 Å². The van der Waals surface area contributed by atoms with Crippen LogP contribution in [0.1, 0.15) is 175 Å².